The van der Waals surface area contributed by atoms with Crippen LogP contribution in [-0.2, 0) is 44.9 Å². The predicted molar refractivity (Wildman–Crippen MR) is 262 cm³/mol. The fraction of sp³-hybridized carbons (Fsp3) is 0.418. The Morgan fingerprint density at radius 2 is 0.746 bits per heavy atom. The van der Waals surface area contributed by atoms with E-state index in [0.717, 1.165) is 70.7 Å². The number of benzene rings is 5. The van der Waals surface area contributed by atoms with Crippen molar-refractivity contribution in [2.75, 3.05) is 84.6 Å². The maximum Gasteiger partial charge on any atom is 3.00 e. The van der Waals surface area contributed by atoms with Gasteiger partial charge in [-0.2, -0.15) is 0 Å². The summed E-state index contributed by atoms with van der Waals surface area (Å²) >= 11 is 0. The molecule has 12 heteroatoms. The van der Waals surface area contributed by atoms with E-state index in [1.807, 2.05) is 194 Å². The van der Waals surface area contributed by atoms with Crippen LogP contribution in [0.4, 0.5) is 0 Å². The van der Waals surface area contributed by atoms with Crippen LogP contribution < -0.4 is 59.8 Å². The largest absolute Gasteiger partial charge is 3.00 e. The predicted octanol–water partition coefficient (Wildman–Crippen LogP) is 0.0591. The molecule has 0 amide bonds. The van der Waals surface area contributed by atoms with Crippen LogP contribution in [0.5, 0.6) is 17.2 Å². The molecular weight excluding hydrogens is 972 g/mol. The van der Waals surface area contributed by atoms with Crippen LogP contribution in [0.15, 0.2) is 97.1 Å². The van der Waals surface area contributed by atoms with Crippen molar-refractivity contribution in [1.82, 2.24) is 19.6 Å². The van der Waals surface area contributed by atoms with Crippen molar-refractivity contribution >= 4 is 0 Å². The van der Waals surface area contributed by atoms with Gasteiger partial charge in [0.1, 0.15) is 13.1 Å². The first-order valence-electron chi connectivity index (χ1n) is 22.3. The van der Waals surface area contributed by atoms with E-state index in [0.29, 0.717) is 18.7 Å². The SMILES string of the molecule is C[C@]([O-])(C#Cc1ccccc1)c1ccccc1.Cc1cc(CN(C)C)c([O-])c(CN(C)C)c1.Cc1cc(CN(C)C)c([O-])c(C[NH+](C)C)c1.Cc1cc(CN(C)C)c([O-])c(C[NH+](C)C)c1.[Ce+3].[Na+]. The van der Waals surface area contributed by atoms with E-state index in [9.17, 15) is 20.4 Å². The maximum absolute atomic E-state index is 12.3. The molecule has 0 saturated heterocycles. The van der Waals surface area contributed by atoms with Crippen molar-refractivity contribution in [2.45, 2.75) is 72.6 Å². The van der Waals surface area contributed by atoms with E-state index in [1.54, 1.807) is 6.92 Å². The minimum Gasteiger partial charge on any atom is -0.872 e. The second-order valence-corrected chi connectivity index (χ2v) is 19.0. The molecule has 0 bridgehead atoms. The van der Waals surface area contributed by atoms with E-state index in [4.69, 9.17) is 0 Å². The second-order valence-electron chi connectivity index (χ2n) is 19.0. The number of nitrogens with zero attached hydrogens (tertiary/aromatic N) is 4. The molecule has 1 radical (unpaired) electrons. The molecule has 5 rings (SSSR count). The molecule has 0 aliphatic carbocycles. The summed E-state index contributed by atoms with van der Waals surface area (Å²) in [7, 11) is 24.1. The topological polar surface area (TPSA) is 114 Å². The van der Waals surface area contributed by atoms with Crippen LogP contribution in [0.3, 0.4) is 0 Å². The van der Waals surface area contributed by atoms with Crippen molar-refractivity contribution in [3.05, 3.63) is 158 Å². The van der Waals surface area contributed by atoms with E-state index in [2.05, 4.69) is 40.0 Å². The molecule has 355 valence electrons. The number of hydrogen-bond acceptors (Lipinski definition) is 8. The summed E-state index contributed by atoms with van der Waals surface area (Å²) in [6.07, 6.45) is 0. The zero-order valence-corrected chi connectivity index (χ0v) is 49.0. The Labute approximate surface area is 461 Å². The van der Waals surface area contributed by atoms with Crippen LogP contribution in [0.2, 0.25) is 0 Å². The van der Waals surface area contributed by atoms with Crippen LogP contribution in [0, 0.1) is 74.4 Å². The van der Waals surface area contributed by atoms with Crippen LogP contribution in [0.1, 0.15) is 68.1 Å². The van der Waals surface area contributed by atoms with Crippen molar-refractivity contribution in [2.24, 2.45) is 0 Å². The van der Waals surface area contributed by atoms with Crippen LogP contribution in [0.25, 0.3) is 0 Å². The molecule has 0 heterocycles. The maximum atomic E-state index is 12.3. The number of hydrogen-bond donors (Lipinski definition) is 2. The van der Waals surface area contributed by atoms with E-state index in [-0.39, 0.29) is 88.6 Å². The first-order valence-corrected chi connectivity index (χ1v) is 22.3. The summed E-state index contributed by atoms with van der Waals surface area (Å²) in [6.45, 7) is 12.2. The van der Waals surface area contributed by atoms with Gasteiger partial charge in [0.25, 0.3) is 0 Å². The Hall–Kier alpha value is -2.84. The first-order chi connectivity index (χ1) is 30.4. The summed E-state index contributed by atoms with van der Waals surface area (Å²) in [6, 6.07) is 30.8. The van der Waals surface area contributed by atoms with Gasteiger partial charge in [-0.15, -0.1) is 5.92 Å². The number of rotatable bonds is 13. The number of aryl methyl sites for hydroxylation is 3. The molecule has 0 aliphatic rings. The normalized spacial score (nSPS) is 11.6. The van der Waals surface area contributed by atoms with Gasteiger partial charge in [0.15, 0.2) is 0 Å². The number of nitrogens with one attached hydrogen (secondary N) is 2. The summed E-state index contributed by atoms with van der Waals surface area (Å²) in [4.78, 5) is 10.7. The Balaban J connectivity index is 0.000000859. The van der Waals surface area contributed by atoms with E-state index in [1.165, 1.54) is 20.9 Å². The molecule has 5 aromatic rings. The standard InChI is InChI=1S/C16H13O.3C13H22N2O.Ce.Na/c1-16(17,15-10-6-3-7-11-15)13-12-14-8-4-2-5-9-14;3*1-10-6-11(8-14(2)3)13(16)12(7-10)9-15(4)5;;/h2-11H,1H3;3*6-7,16H,8-9H2,1-5H3;;/q-1;;;;+3;+1/p-1/t16-;;;;;/m0...../s1. The molecule has 1 atom stereocenters. The smallest absolute Gasteiger partial charge is 0.872 e. The average Bonchev–Trinajstić information content (AvgIpc) is 3.20. The van der Waals surface area contributed by atoms with Gasteiger partial charge in [0.2, 0.25) is 0 Å². The monoisotopic (exact) mass is 1050 g/mol. The Kier molecular flexibility index (Phi) is 30.8. The van der Waals surface area contributed by atoms with Crippen molar-refractivity contribution in [3.8, 4) is 29.1 Å². The molecule has 0 spiro atoms. The van der Waals surface area contributed by atoms with Gasteiger partial charge < -0.3 is 49.8 Å². The minimum absolute atomic E-state index is 0. The number of quaternary nitrogens is 2. The molecule has 67 heavy (non-hydrogen) atoms. The molecule has 0 fully saturated rings. The van der Waals surface area contributed by atoms with Crippen molar-refractivity contribution in [1.29, 1.82) is 0 Å². The molecule has 0 aromatic heterocycles. The van der Waals surface area contributed by atoms with Gasteiger partial charge in [-0.05, 0) is 134 Å². The quantitative estimate of drug-likeness (QED) is 0.126. The third-order valence-corrected chi connectivity index (χ3v) is 9.74. The molecule has 0 saturated carbocycles. The minimum atomic E-state index is -1.36. The van der Waals surface area contributed by atoms with E-state index < -0.39 is 5.60 Å². The summed E-state index contributed by atoms with van der Waals surface area (Å²) in [5, 5.41) is 48.7. The van der Waals surface area contributed by atoms with Crippen molar-refractivity contribution in [3.63, 3.8) is 0 Å². The average molecular weight is 1050 g/mol. The Morgan fingerprint density at radius 3 is 1.03 bits per heavy atom. The van der Waals surface area contributed by atoms with Crippen molar-refractivity contribution < 1.29 is 102 Å². The fourth-order valence-electron chi connectivity index (χ4n) is 7.18. The summed E-state index contributed by atoms with van der Waals surface area (Å²) in [5.41, 5.74) is 9.15. The third kappa shape index (κ3) is 25.0. The zero-order valence-electron chi connectivity index (χ0n) is 43.9. The van der Waals surface area contributed by atoms with Gasteiger partial charge in [-0.3, -0.25) is 0 Å². The molecule has 10 nitrogen and oxygen atoms in total. The Bertz CT molecular complexity index is 1990. The van der Waals surface area contributed by atoms with E-state index >= 15 is 0 Å². The van der Waals surface area contributed by atoms with Gasteiger partial charge in [0.05, 0.1) is 28.2 Å². The molecule has 0 aliphatic heterocycles. The van der Waals surface area contributed by atoms with Gasteiger partial charge >= 0.3 is 71.3 Å². The summed E-state index contributed by atoms with van der Waals surface area (Å²) in [5.74, 6) is 6.31. The van der Waals surface area contributed by atoms with Gasteiger partial charge in [0, 0.05) is 31.7 Å². The first kappa shape index (κ1) is 64.2. The second kappa shape index (κ2) is 32.1. The molecule has 5 aromatic carbocycles. The van der Waals surface area contributed by atoms with Crippen LogP contribution >= 0.6 is 0 Å². The van der Waals surface area contributed by atoms with Crippen LogP contribution in [-0.4, -0.2) is 104 Å². The molecule has 2 N–H and O–H groups in total. The molecule has 0 unspecified atom stereocenters. The molecular formula is C55H78CeN6NaO4+2. The fourth-order valence-corrected chi connectivity index (χ4v) is 7.18. The third-order valence-electron chi connectivity index (χ3n) is 9.74. The Morgan fingerprint density at radius 1 is 0.478 bits per heavy atom. The van der Waals surface area contributed by atoms with Gasteiger partial charge in [-0.25, -0.2) is 0 Å². The van der Waals surface area contributed by atoms with Gasteiger partial charge in [-0.1, -0.05) is 132 Å². The summed E-state index contributed by atoms with van der Waals surface area (Å²) < 4.78 is 0. The zero-order chi connectivity index (χ0) is 49.0.